The van der Waals surface area contributed by atoms with Gasteiger partial charge in [-0.1, -0.05) is 11.8 Å². The predicted octanol–water partition coefficient (Wildman–Crippen LogP) is 0.281. The fourth-order valence-electron chi connectivity index (χ4n) is 2.87. The third-order valence-corrected chi connectivity index (χ3v) is 4.32. The summed E-state index contributed by atoms with van der Waals surface area (Å²) in [5.41, 5.74) is 1.08. The van der Waals surface area contributed by atoms with Crippen molar-refractivity contribution in [1.29, 1.82) is 5.26 Å². The van der Waals surface area contributed by atoms with Crippen LogP contribution in [0, 0.1) is 29.1 Å². The third-order valence-electron chi connectivity index (χ3n) is 4.32. The van der Waals surface area contributed by atoms with E-state index in [2.05, 4.69) is 37.1 Å². The second kappa shape index (κ2) is 6.39. The van der Waals surface area contributed by atoms with E-state index in [0.29, 0.717) is 11.3 Å². The monoisotopic (exact) mass is 359 g/mol. The number of nitrogens with zero attached hydrogens (tertiary/aromatic N) is 5. The number of H-pyrrole nitrogens is 2. The maximum absolute atomic E-state index is 12.0. The molecular weight excluding hydrogens is 346 g/mol. The standard InChI is InChI=1S/C18H13N7O2/c1-25-9-10(7-21-25)2-3-11-4-12(11)13-5-15(23-24-16(13)6-19)14-8-20-18(27)22-17(14)26/h5,7-9,11-12H,4H2,1H3,(H2,20,22,26,27)/t11-,12-/m0/s1. The Balaban J connectivity index is 1.65. The van der Waals surface area contributed by atoms with Crippen molar-refractivity contribution >= 4 is 0 Å². The first kappa shape index (κ1) is 16.5. The van der Waals surface area contributed by atoms with E-state index >= 15 is 0 Å². The van der Waals surface area contributed by atoms with Gasteiger partial charge < -0.3 is 4.98 Å². The topological polar surface area (TPSA) is 133 Å². The molecule has 0 saturated heterocycles. The summed E-state index contributed by atoms with van der Waals surface area (Å²) in [6.45, 7) is 0. The number of aromatic nitrogens is 6. The van der Waals surface area contributed by atoms with E-state index in [1.54, 1.807) is 16.9 Å². The largest absolute Gasteiger partial charge is 0.325 e. The lowest BCUT2D eigenvalue weighted by atomic mass is 10.1. The second-order valence-corrected chi connectivity index (χ2v) is 6.25. The zero-order valence-electron chi connectivity index (χ0n) is 14.2. The lowest BCUT2D eigenvalue weighted by molar-refractivity contribution is 0.767. The molecule has 3 aromatic heterocycles. The van der Waals surface area contributed by atoms with Crippen molar-refractivity contribution in [1.82, 2.24) is 29.9 Å². The van der Waals surface area contributed by atoms with Gasteiger partial charge in [-0.05, 0) is 18.1 Å². The fraction of sp³-hybridized carbons (Fsp3) is 0.222. The number of hydrogen-bond donors (Lipinski definition) is 2. The van der Waals surface area contributed by atoms with Crippen LogP contribution in [-0.2, 0) is 7.05 Å². The summed E-state index contributed by atoms with van der Waals surface area (Å²) < 4.78 is 1.68. The maximum atomic E-state index is 12.0. The summed E-state index contributed by atoms with van der Waals surface area (Å²) >= 11 is 0. The van der Waals surface area contributed by atoms with Gasteiger partial charge in [0.1, 0.15) is 11.8 Å². The maximum Gasteiger partial charge on any atom is 0.325 e. The molecule has 27 heavy (non-hydrogen) atoms. The third kappa shape index (κ3) is 3.26. The van der Waals surface area contributed by atoms with Crippen LogP contribution in [0.3, 0.4) is 0 Å². The summed E-state index contributed by atoms with van der Waals surface area (Å²) in [5, 5.41) is 21.3. The van der Waals surface area contributed by atoms with Crippen LogP contribution >= 0.6 is 0 Å². The normalized spacial score (nSPS) is 17.6. The van der Waals surface area contributed by atoms with Crippen molar-refractivity contribution < 1.29 is 0 Å². The van der Waals surface area contributed by atoms with Crippen molar-refractivity contribution in [2.75, 3.05) is 0 Å². The van der Waals surface area contributed by atoms with Crippen molar-refractivity contribution in [3.05, 3.63) is 62.3 Å². The van der Waals surface area contributed by atoms with Crippen molar-refractivity contribution in [2.24, 2.45) is 13.0 Å². The summed E-state index contributed by atoms with van der Waals surface area (Å²) in [5.74, 6) is 6.42. The minimum atomic E-state index is -0.599. The molecule has 132 valence electrons. The fourth-order valence-corrected chi connectivity index (χ4v) is 2.87. The molecule has 1 aliphatic carbocycles. The van der Waals surface area contributed by atoms with Crippen LogP contribution in [0.4, 0.5) is 0 Å². The summed E-state index contributed by atoms with van der Waals surface area (Å²) in [6, 6.07) is 3.71. The number of aromatic amines is 2. The van der Waals surface area contributed by atoms with Crippen LogP contribution in [-0.4, -0.2) is 29.9 Å². The molecule has 0 unspecified atom stereocenters. The molecule has 9 nitrogen and oxygen atoms in total. The molecule has 9 heteroatoms. The Morgan fingerprint density at radius 1 is 1.33 bits per heavy atom. The molecule has 1 aliphatic rings. The van der Waals surface area contributed by atoms with Crippen LogP contribution in [0.2, 0.25) is 0 Å². The number of aryl methyl sites for hydroxylation is 1. The van der Waals surface area contributed by atoms with E-state index in [9.17, 15) is 14.9 Å². The highest BCUT2D eigenvalue weighted by atomic mass is 16.2. The van der Waals surface area contributed by atoms with Crippen LogP contribution in [0.1, 0.15) is 29.2 Å². The highest BCUT2D eigenvalue weighted by Crippen LogP contribution is 2.48. The minimum Gasteiger partial charge on any atom is -0.313 e. The molecule has 0 amide bonds. The van der Waals surface area contributed by atoms with Gasteiger partial charge >= 0.3 is 5.69 Å². The molecule has 0 radical (unpaired) electrons. The smallest absolute Gasteiger partial charge is 0.313 e. The molecule has 0 bridgehead atoms. The molecule has 3 aromatic rings. The molecule has 0 spiro atoms. The first-order chi connectivity index (χ1) is 13.0. The summed E-state index contributed by atoms with van der Waals surface area (Å²) in [4.78, 5) is 27.7. The lowest BCUT2D eigenvalue weighted by Crippen LogP contribution is -2.23. The van der Waals surface area contributed by atoms with Gasteiger partial charge in [-0.2, -0.15) is 10.4 Å². The Morgan fingerprint density at radius 2 is 2.19 bits per heavy atom. The zero-order valence-corrected chi connectivity index (χ0v) is 14.2. The van der Waals surface area contributed by atoms with Gasteiger partial charge in [0.05, 0.1) is 17.3 Å². The predicted molar refractivity (Wildman–Crippen MR) is 94.4 cm³/mol. The van der Waals surface area contributed by atoms with Crippen LogP contribution in [0.5, 0.6) is 0 Å². The molecule has 3 heterocycles. The van der Waals surface area contributed by atoms with Crippen LogP contribution < -0.4 is 11.2 Å². The van der Waals surface area contributed by atoms with Gasteiger partial charge in [-0.3, -0.25) is 14.5 Å². The first-order valence-electron chi connectivity index (χ1n) is 8.15. The minimum absolute atomic E-state index is 0.0555. The Kier molecular flexibility index (Phi) is 3.90. The number of nitriles is 1. The summed E-state index contributed by atoms with van der Waals surface area (Å²) in [6.07, 6.45) is 5.61. The first-order valence-corrected chi connectivity index (χ1v) is 8.15. The highest BCUT2D eigenvalue weighted by Gasteiger charge is 2.39. The van der Waals surface area contributed by atoms with E-state index in [4.69, 9.17) is 0 Å². The molecule has 4 rings (SSSR count). The van der Waals surface area contributed by atoms with Crippen LogP contribution in [0.25, 0.3) is 11.3 Å². The van der Waals surface area contributed by atoms with Crippen molar-refractivity contribution in [3.63, 3.8) is 0 Å². The SMILES string of the molecule is Cn1cc(C#C[C@H]2C[C@@H]2c2cc(-c3c[nH]c(=O)[nH]c3=O)nnc2C#N)cn1. The molecule has 1 fully saturated rings. The van der Waals surface area contributed by atoms with Gasteiger partial charge in [-0.25, -0.2) is 4.79 Å². The van der Waals surface area contributed by atoms with E-state index in [-0.39, 0.29) is 23.1 Å². The van der Waals surface area contributed by atoms with Crippen molar-refractivity contribution in [3.8, 4) is 29.2 Å². The van der Waals surface area contributed by atoms with Gasteiger partial charge in [0.2, 0.25) is 0 Å². The highest BCUT2D eigenvalue weighted by molar-refractivity contribution is 5.59. The summed E-state index contributed by atoms with van der Waals surface area (Å²) in [7, 11) is 1.83. The van der Waals surface area contributed by atoms with Crippen molar-refractivity contribution in [2.45, 2.75) is 12.3 Å². The second-order valence-electron chi connectivity index (χ2n) is 6.25. The Morgan fingerprint density at radius 3 is 2.89 bits per heavy atom. The molecular formula is C18H13N7O2. The molecule has 2 atom stereocenters. The molecule has 0 aromatic carbocycles. The quantitative estimate of drug-likeness (QED) is 0.632. The molecule has 0 aliphatic heterocycles. The average Bonchev–Trinajstić information content (AvgIpc) is 3.31. The molecule has 1 saturated carbocycles. The Bertz CT molecular complexity index is 1250. The van der Waals surface area contributed by atoms with E-state index in [1.807, 2.05) is 19.3 Å². The number of hydrogen-bond acceptors (Lipinski definition) is 6. The van der Waals surface area contributed by atoms with Gasteiger partial charge in [0.25, 0.3) is 5.56 Å². The van der Waals surface area contributed by atoms with Crippen LogP contribution in [0.15, 0.2) is 34.2 Å². The van der Waals surface area contributed by atoms with Gasteiger partial charge in [0, 0.05) is 31.3 Å². The Labute approximate surface area is 152 Å². The van der Waals surface area contributed by atoms with E-state index in [0.717, 1.165) is 12.0 Å². The Hall–Kier alpha value is -3.98. The van der Waals surface area contributed by atoms with Gasteiger partial charge in [0.15, 0.2) is 5.69 Å². The van der Waals surface area contributed by atoms with E-state index in [1.165, 1.54) is 6.20 Å². The van der Waals surface area contributed by atoms with E-state index < -0.39 is 11.2 Å². The average molecular weight is 359 g/mol. The zero-order chi connectivity index (χ0) is 19.0. The number of rotatable bonds is 2. The lowest BCUT2D eigenvalue weighted by Gasteiger charge is -2.04. The molecule has 2 N–H and O–H groups in total. The number of nitrogens with one attached hydrogen (secondary N) is 2. The van der Waals surface area contributed by atoms with Gasteiger partial charge in [-0.15, -0.1) is 10.2 Å².